The van der Waals surface area contributed by atoms with Gasteiger partial charge in [-0.3, -0.25) is 4.90 Å². The second-order valence-electron chi connectivity index (χ2n) is 4.17. The summed E-state index contributed by atoms with van der Waals surface area (Å²) in [4.78, 5) is 15.4. The van der Waals surface area contributed by atoms with E-state index in [1.807, 2.05) is 36.1 Å². The molecular formula is C13H20N2O. The first-order valence-electron chi connectivity index (χ1n) is 5.61. The van der Waals surface area contributed by atoms with Gasteiger partial charge in [0.05, 0.1) is 0 Å². The van der Waals surface area contributed by atoms with Crippen LogP contribution in [0.2, 0.25) is 0 Å². The van der Waals surface area contributed by atoms with E-state index in [0.717, 1.165) is 18.7 Å². The average molecular weight is 220 g/mol. The number of carbonyl (C=O) groups excluding carboxylic acids is 1. The van der Waals surface area contributed by atoms with Crippen LogP contribution in [0.25, 0.3) is 0 Å². The minimum atomic E-state index is 0.0347. The number of benzene rings is 1. The van der Waals surface area contributed by atoms with E-state index in [1.165, 1.54) is 5.56 Å². The Balaban J connectivity index is 2.97. The molecule has 0 radical (unpaired) electrons. The molecule has 0 saturated carbocycles. The van der Waals surface area contributed by atoms with E-state index in [2.05, 4.69) is 6.92 Å². The molecule has 1 aromatic rings. The molecule has 88 valence electrons. The number of hydrogen-bond acceptors (Lipinski definition) is 1. The summed E-state index contributed by atoms with van der Waals surface area (Å²) < 4.78 is 0. The molecule has 0 N–H and O–H groups in total. The highest BCUT2D eigenvalue weighted by atomic mass is 16.2. The minimum absolute atomic E-state index is 0.0347. The lowest BCUT2D eigenvalue weighted by molar-refractivity contribution is 0.224. The van der Waals surface area contributed by atoms with Crippen LogP contribution in [-0.2, 0) is 0 Å². The van der Waals surface area contributed by atoms with Crippen molar-refractivity contribution in [2.45, 2.75) is 20.3 Å². The second-order valence-corrected chi connectivity index (χ2v) is 4.17. The molecule has 0 aromatic heterocycles. The number of nitrogens with zero attached hydrogens (tertiary/aromatic N) is 2. The number of amides is 2. The maximum atomic E-state index is 12.0. The number of carbonyl (C=O) groups is 1. The van der Waals surface area contributed by atoms with Crippen LogP contribution in [-0.4, -0.2) is 31.6 Å². The van der Waals surface area contributed by atoms with Crippen LogP contribution in [0.4, 0.5) is 10.5 Å². The SMILES string of the molecule is CCCN(C(=O)N(C)C)c1cccc(C)c1. The predicted molar refractivity (Wildman–Crippen MR) is 67.9 cm³/mol. The van der Waals surface area contributed by atoms with Crippen molar-refractivity contribution in [2.75, 3.05) is 25.5 Å². The monoisotopic (exact) mass is 220 g/mol. The Kier molecular flexibility index (Phi) is 4.35. The molecule has 3 heteroatoms. The molecule has 0 bridgehead atoms. The van der Waals surface area contributed by atoms with Gasteiger partial charge >= 0.3 is 6.03 Å². The van der Waals surface area contributed by atoms with Crippen molar-refractivity contribution in [2.24, 2.45) is 0 Å². The third-order valence-corrected chi connectivity index (χ3v) is 2.37. The van der Waals surface area contributed by atoms with Crippen molar-refractivity contribution < 1.29 is 4.79 Å². The smallest absolute Gasteiger partial charge is 0.323 e. The molecule has 0 unspecified atom stereocenters. The van der Waals surface area contributed by atoms with Gasteiger partial charge in [0.15, 0.2) is 0 Å². The zero-order chi connectivity index (χ0) is 12.1. The fourth-order valence-electron chi connectivity index (χ4n) is 1.60. The lowest BCUT2D eigenvalue weighted by Gasteiger charge is -2.26. The first kappa shape index (κ1) is 12.6. The summed E-state index contributed by atoms with van der Waals surface area (Å²) in [7, 11) is 3.56. The Labute approximate surface area is 97.7 Å². The van der Waals surface area contributed by atoms with Crippen LogP contribution < -0.4 is 4.90 Å². The number of hydrogen-bond donors (Lipinski definition) is 0. The summed E-state index contributed by atoms with van der Waals surface area (Å²) in [6, 6.07) is 8.07. The summed E-state index contributed by atoms with van der Waals surface area (Å²) in [6.07, 6.45) is 0.952. The molecule has 1 aromatic carbocycles. The molecule has 0 atom stereocenters. The average Bonchev–Trinajstić information content (AvgIpc) is 2.24. The van der Waals surface area contributed by atoms with E-state index in [1.54, 1.807) is 19.0 Å². The topological polar surface area (TPSA) is 23.6 Å². The van der Waals surface area contributed by atoms with E-state index < -0.39 is 0 Å². The van der Waals surface area contributed by atoms with E-state index in [4.69, 9.17) is 0 Å². The Morgan fingerprint density at radius 3 is 2.50 bits per heavy atom. The van der Waals surface area contributed by atoms with E-state index >= 15 is 0 Å². The highest BCUT2D eigenvalue weighted by molar-refractivity contribution is 5.91. The van der Waals surface area contributed by atoms with Crippen molar-refractivity contribution >= 4 is 11.7 Å². The van der Waals surface area contributed by atoms with E-state index in [-0.39, 0.29) is 6.03 Å². The highest BCUT2D eigenvalue weighted by Gasteiger charge is 2.16. The summed E-state index contributed by atoms with van der Waals surface area (Å²) in [5, 5.41) is 0. The van der Waals surface area contributed by atoms with Crippen LogP contribution in [0.3, 0.4) is 0 Å². The number of urea groups is 1. The highest BCUT2D eigenvalue weighted by Crippen LogP contribution is 2.17. The van der Waals surface area contributed by atoms with Crippen LogP contribution in [0.5, 0.6) is 0 Å². The van der Waals surface area contributed by atoms with Crippen molar-refractivity contribution in [3.05, 3.63) is 29.8 Å². The minimum Gasteiger partial charge on any atom is -0.330 e. The molecule has 0 fully saturated rings. The van der Waals surface area contributed by atoms with Crippen molar-refractivity contribution in [1.29, 1.82) is 0 Å². The largest absolute Gasteiger partial charge is 0.330 e. The quantitative estimate of drug-likeness (QED) is 0.768. The maximum Gasteiger partial charge on any atom is 0.323 e. The first-order chi connectivity index (χ1) is 7.56. The third kappa shape index (κ3) is 2.99. The van der Waals surface area contributed by atoms with Gasteiger partial charge in [-0.15, -0.1) is 0 Å². The summed E-state index contributed by atoms with van der Waals surface area (Å²) in [5.41, 5.74) is 2.14. The van der Waals surface area contributed by atoms with Gasteiger partial charge in [0.25, 0.3) is 0 Å². The van der Waals surface area contributed by atoms with Gasteiger partial charge in [0, 0.05) is 26.3 Å². The second kappa shape index (κ2) is 5.54. The normalized spacial score (nSPS) is 10.0. The fourth-order valence-corrected chi connectivity index (χ4v) is 1.60. The van der Waals surface area contributed by atoms with Crippen molar-refractivity contribution in [3.63, 3.8) is 0 Å². The van der Waals surface area contributed by atoms with Gasteiger partial charge < -0.3 is 4.90 Å². The van der Waals surface area contributed by atoms with Gasteiger partial charge in [0.1, 0.15) is 0 Å². The van der Waals surface area contributed by atoms with Crippen LogP contribution in [0, 0.1) is 6.92 Å². The van der Waals surface area contributed by atoms with Crippen molar-refractivity contribution in [1.82, 2.24) is 4.90 Å². The van der Waals surface area contributed by atoms with Gasteiger partial charge in [-0.2, -0.15) is 0 Å². The van der Waals surface area contributed by atoms with Gasteiger partial charge in [0.2, 0.25) is 0 Å². The van der Waals surface area contributed by atoms with Crippen LogP contribution in [0.15, 0.2) is 24.3 Å². The summed E-state index contributed by atoms with van der Waals surface area (Å²) in [5.74, 6) is 0. The third-order valence-electron chi connectivity index (χ3n) is 2.37. The van der Waals surface area contributed by atoms with E-state index in [9.17, 15) is 4.79 Å². The first-order valence-corrected chi connectivity index (χ1v) is 5.61. The van der Waals surface area contributed by atoms with E-state index in [0.29, 0.717) is 0 Å². The Hall–Kier alpha value is -1.51. The summed E-state index contributed by atoms with van der Waals surface area (Å²) in [6.45, 7) is 4.86. The van der Waals surface area contributed by atoms with Crippen LogP contribution >= 0.6 is 0 Å². The van der Waals surface area contributed by atoms with Gasteiger partial charge in [-0.25, -0.2) is 4.79 Å². The molecule has 0 aliphatic carbocycles. The zero-order valence-electron chi connectivity index (χ0n) is 10.5. The molecule has 2 amide bonds. The molecule has 0 aliphatic rings. The molecule has 0 heterocycles. The molecule has 0 aliphatic heterocycles. The molecule has 3 nitrogen and oxygen atoms in total. The Bertz CT molecular complexity index is 361. The number of anilines is 1. The molecule has 1 rings (SSSR count). The Morgan fingerprint density at radius 1 is 1.31 bits per heavy atom. The molecule has 16 heavy (non-hydrogen) atoms. The van der Waals surface area contributed by atoms with Gasteiger partial charge in [-0.05, 0) is 31.0 Å². The number of aryl methyl sites for hydroxylation is 1. The summed E-state index contributed by atoms with van der Waals surface area (Å²) >= 11 is 0. The number of rotatable bonds is 3. The maximum absolute atomic E-state index is 12.0. The lowest BCUT2D eigenvalue weighted by atomic mass is 10.2. The van der Waals surface area contributed by atoms with Crippen molar-refractivity contribution in [3.8, 4) is 0 Å². The zero-order valence-corrected chi connectivity index (χ0v) is 10.5. The molecule has 0 spiro atoms. The molecule has 0 saturated heterocycles. The Morgan fingerprint density at radius 2 is 2.00 bits per heavy atom. The predicted octanol–water partition coefficient (Wildman–Crippen LogP) is 2.89. The lowest BCUT2D eigenvalue weighted by Crippen LogP contribution is -2.39. The fraction of sp³-hybridized carbons (Fsp3) is 0.462. The van der Waals surface area contributed by atoms with Gasteiger partial charge in [-0.1, -0.05) is 19.1 Å². The van der Waals surface area contributed by atoms with Crippen LogP contribution in [0.1, 0.15) is 18.9 Å². The molecular weight excluding hydrogens is 200 g/mol. The standard InChI is InChI=1S/C13H20N2O/c1-5-9-15(13(16)14(3)4)12-8-6-7-11(2)10-12/h6-8,10H,5,9H2,1-4H3.